The van der Waals surface area contributed by atoms with E-state index in [1.54, 1.807) is 25.7 Å². The fraction of sp³-hybridized carbons (Fsp3) is 0.583. The summed E-state index contributed by atoms with van der Waals surface area (Å²) in [5, 5.41) is 16.3. The third-order valence-electron chi connectivity index (χ3n) is 10.6. The first-order valence-corrected chi connectivity index (χ1v) is 17.7. The number of carbonyl (C=O) groups excluding carboxylic acids is 1. The van der Waals surface area contributed by atoms with Crippen molar-refractivity contribution in [1.82, 2.24) is 34.6 Å². The molecule has 7 rings (SSSR count). The first-order chi connectivity index (χ1) is 23.4. The monoisotopic (exact) mass is 652 g/mol. The van der Waals surface area contributed by atoms with Crippen LogP contribution in [0.25, 0.3) is 5.69 Å². The van der Waals surface area contributed by atoms with Crippen LogP contribution in [0.5, 0.6) is 5.75 Å². The summed E-state index contributed by atoms with van der Waals surface area (Å²) in [6, 6.07) is 8.59. The van der Waals surface area contributed by atoms with Gasteiger partial charge < -0.3 is 25.2 Å². The first kappa shape index (κ1) is 32.3. The molecule has 12 nitrogen and oxygen atoms in total. The van der Waals surface area contributed by atoms with E-state index >= 15 is 0 Å². The molecule has 1 saturated heterocycles. The summed E-state index contributed by atoms with van der Waals surface area (Å²) in [6.07, 6.45) is 11.4. The van der Waals surface area contributed by atoms with Crippen LogP contribution in [0.4, 0.5) is 17.5 Å². The minimum Gasteiger partial charge on any atom is -0.495 e. The molecule has 3 fully saturated rings. The van der Waals surface area contributed by atoms with Crippen molar-refractivity contribution in [2.45, 2.75) is 89.9 Å². The lowest BCUT2D eigenvalue weighted by molar-refractivity contribution is 0.0694. The molecule has 2 aliphatic carbocycles. The van der Waals surface area contributed by atoms with Crippen molar-refractivity contribution in [3.8, 4) is 17.5 Å². The van der Waals surface area contributed by atoms with E-state index in [9.17, 15) is 10.1 Å². The van der Waals surface area contributed by atoms with Gasteiger partial charge in [-0.1, -0.05) is 6.92 Å². The van der Waals surface area contributed by atoms with E-state index in [-0.39, 0.29) is 24.0 Å². The molecule has 1 atom stereocenters. The van der Waals surface area contributed by atoms with E-state index in [0.29, 0.717) is 34.7 Å². The number of fused-ring (bicyclic) bond motifs is 3. The van der Waals surface area contributed by atoms with Crippen LogP contribution in [-0.4, -0.2) is 93.2 Å². The van der Waals surface area contributed by atoms with Crippen molar-refractivity contribution in [3.63, 3.8) is 0 Å². The number of anilines is 3. The standard InChI is InChI=1S/C36H48N10O2/c1-5-30-33-29(19-37)39-22-45(33)31-20-38-36(42-34(31)46(30)23(2)3)41-28-13-8-25(18-32(28)48-4)35(47)40-26-9-11-27(12-10-26)44-16-14-43(15-17-44)21-24-6-7-24/h8,13,18,20,22-24,26-27,30H,5-7,9-12,14-17,21H2,1-4H3,(H,40,47)(H,38,41,42)/t26-,27-,30-/m1/s1. The van der Waals surface area contributed by atoms with Gasteiger partial charge in [0.1, 0.15) is 23.8 Å². The second kappa shape index (κ2) is 13.7. The van der Waals surface area contributed by atoms with E-state index < -0.39 is 0 Å². The number of benzene rings is 1. The van der Waals surface area contributed by atoms with Crippen LogP contribution in [0.1, 0.15) is 93.5 Å². The van der Waals surface area contributed by atoms with Gasteiger partial charge in [-0.2, -0.15) is 10.2 Å². The molecular formula is C36H48N10O2. The quantitative estimate of drug-likeness (QED) is 0.308. The minimum absolute atomic E-state index is 0.0490. The molecule has 0 bridgehead atoms. The normalized spacial score (nSPS) is 22.9. The van der Waals surface area contributed by atoms with Gasteiger partial charge in [-0.15, -0.1) is 0 Å². The molecule has 1 amide bonds. The van der Waals surface area contributed by atoms with Crippen LogP contribution >= 0.6 is 0 Å². The Morgan fingerprint density at radius 1 is 1.08 bits per heavy atom. The highest BCUT2D eigenvalue weighted by molar-refractivity contribution is 5.95. The highest BCUT2D eigenvalue weighted by Gasteiger charge is 2.36. The summed E-state index contributed by atoms with van der Waals surface area (Å²) in [5.74, 6) is 2.61. The lowest BCUT2D eigenvalue weighted by Crippen LogP contribution is -2.52. The Bertz CT molecular complexity index is 1660. The number of amides is 1. The average Bonchev–Trinajstić information content (AvgIpc) is 3.82. The largest absolute Gasteiger partial charge is 0.495 e. The van der Waals surface area contributed by atoms with E-state index in [0.717, 1.165) is 55.2 Å². The molecule has 4 heterocycles. The van der Waals surface area contributed by atoms with Crippen molar-refractivity contribution in [2.24, 2.45) is 5.92 Å². The molecule has 0 spiro atoms. The highest BCUT2D eigenvalue weighted by Crippen LogP contribution is 2.42. The Hall–Kier alpha value is -4.21. The van der Waals surface area contributed by atoms with Crippen LogP contribution < -0.4 is 20.3 Å². The van der Waals surface area contributed by atoms with Crippen LogP contribution in [0.2, 0.25) is 0 Å². The zero-order valence-electron chi connectivity index (χ0n) is 28.7. The lowest BCUT2D eigenvalue weighted by atomic mass is 9.89. The average molecular weight is 653 g/mol. The summed E-state index contributed by atoms with van der Waals surface area (Å²) in [4.78, 5) is 34.8. The number of piperazine rings is 1. The van der Waals surface area contributed by atoms with Crippen LogP contribution in [0.15, 0.2) is 30.7 Å². The Kier molecular flexibility index (Phi) is 9.25. The predicted molar refractivity (Wildman–Crippen MR) is 185 cm³/mol. The molecule has 48 heavy (non-hydrogen) atoms. The number of hydrogen-bond acceptors (Lipinski definition) is 10. The van der Waals surface area contributed by atoms with E-state index in [1.165, 1.54) is 45.6 Å². The fourth-order valence-corrected chi connectivity index (χ4v) is 7.90. The second-order valence-electron chi connectivity index (χ2n) is 14.1. The zero-order valence-corrected chi connectivity index (χ0v) is 28.7. The molecule has 2 aromatic heterocycles. The van der Waals surface area contributed by atoms with Crippen molar-refractivity contribution < 1.29 is 9.53 Å². The maximum Gasteiger partial charge on any atom is 0.251 e. The van der Waals surface area contributed by atoms with Crippen LogP contribution in [0, 0.1) is 17.2 Å². The second-order valence-corrected chi connectivity index (χ2v) is 14.1. The highest BCUT2D eigenvalue weighted by atomic mass is 16.5. The molecule has 4 aliphatic rings. The number of nitrogens with zero attached hydrogens (tertiary/aromatic N) is 8. The van der Waals surface area contributed by atoms with Gasteiger partial charge in [0.25, 0.3) is 5.91 Å². The van der Waals surface area contributed by atoms with Gasteiger partial charge in [0.2, 0.25) is 5.95 Å². The summed E-state index contributed by atoms with van der Waals surface area (Å²) in [6.45, 7) is 12.4. The van der Waals surface area contributed by atoms with Gasteiger partial charge in [0.15, 0.2) is 11.5 Å². The fourth-order valence-electron chi connectivity index (χ4n) is 7.90. The molecule has 254 valence electrons. The Morgan fingerprint density at radius 3 is 2.52 bits per heavy atom. The van der Waals surface area contributed by atoms with Gasteiger partial charge in [0.05, 0.1) is 30.7 Å². The number of rotatable bonds is 10. The van der Waals surface area contributed by atoms with E-state index in [2.05, 4.69) is 62.1 Å². The number of imidazole rings is 1. The molecule has 1 aromatic carbocycles. The SMILES string of the molecule is CC[C@@H]1c2c(C#N)ncn2-c2cnc(Nc3ccc(C(=O)N[C@H]4CC[C@H](N5CCN(CC6CC6)CC5)CC4)cc3OC)nc2N1C(C)C. The number of ether oxygens (including phenoxy) is 1. The number of carbonyl (C=O) groups is 1. The zero-order chi connectivity index (χ0) is 33.4. The van der Waals surface area contributed by atoms with Crippen molar-refractivity contribution >= 4 is 23.4 Å². The third kappa shape index (κ3) is 6.45. The predicted octanol–water partition coefficient (Wildman–Crippen LogP) is 5.03. The minimum atomic E-state index is -0.0759. The van der Waals surface area contributed by atoms with Gasteiger partial charge in [-0.25, -0.2) is 9.97 Å². The Morgan fingerprint density at radius 2 is 1.85 bits per heavy atom. The molecule has 2 N–H and O–H groups in total. The molecule has 0 radical (unpaired) electrons. The Balaban J connectivity index is 0.992. The molecular weight excluding hydrogens is 604 g/mol. The first-order valence-electron chi connectivity index (χ1n) is 17.7. The summed E-state index contributed by atoms with van der Waals surface area (Å²) in [5.41, 5.74) is 3.31. The number of methoxy groups -OCH3 is 1. The maximum absolute atomic E-state index is 13.3. The number of nitrogens with one attached hydrogen (secondary N) is 2. The number of hydrogen-bond donors (Lipinski definition) is 2. The molecule has 3 aromatic rings. The smallest absolute Gasteiger partial charge is 0.251 e. The van der Waals surface area contributed by atoms with Crippen molar-refractivity contribution in [2.75, 3.05) is 50.1 Å². The molecule has 2 saturated carbocycles. The third-order valence-corrected chi connectivity index (χ3v) is 10.6. The number of nitriles is 1. The number of aromatic nitrogens is 4. The summed E-state index contributed by atoms with van der Waals surface area (Å²) in [7, 11) is 1.60. The van der Waals surface area contributed by atoms with Crippen molar-refractivity contribution in [1.29, 1.82) is 5.26 Å². The van der Waals surface area contributed by atoms with Gasteiger partial charge in [-0.3, -0.25) is 14.3 Å². The van der Waals surface area contributed by atoms with Gasteiger partial charge >= 0.3 is 0 Å². The molecule has 0 unspecified atom stereocenters. The topological polar surface area (TPSA) is 127 Å². The van der Waals surface area contributed by atoms with Gasteiger partial charge in [0, 0.05) is 56.4 Å². The van der Waals surface area contributed by atoms with E-state index in [1.807, 2.05) is 16.7 Å². The molecule has 2 aliphatic heterocycles. The Labute approximate surface area is 283 Å². The van der Waals surface area contributed by atoms with Crippen LogP contribution in [-0.2, 0) is 0 Å². The molecule has 12 heteroatoms. The maximum atomic E-state index is 13.3. The van der Waals surface area contributed by atoms with Gasteiger partial charge in [-0.05, 0) is 82.9 Å². The van der Waals surface area contributed by atoms with E-state index in [4.69, 9.17) is 9.72 Å². The van der Waals surface area contributed by atoms with Crippen LogP contribution in [0.3, 0.4) is 0 Å². The summed E-state index contributed by atoms with van der Waals surface area (Å²) < 4.78 is 7.65. The van der Waals surface area contributed by atoms with Crippen molar-refractivity contribution in [3.05, 3.63) is 47.7 Å². The lowest BCUT2D eigenvalue weighted by Gasteiger charge is -2.42. The summed E-state index contributed by atoms with van der Waals surface area (Å²) >= 11 is 0.